The smallest absolute Gasteiger partial charge is 0.249 e. The van der Waals surface area contributed by atoms with E-state index in [1.54, 1.807) is 0 Å². The van der Waals surface area contributed by atoms with E-state index < -0.39 is 52.6 Å². The van der Waals surface area contributed by atoms with Crippen molar-refractivity contribution in [3.8, 4) is 0 Å². The van der Waals surface area contributed by atoms with Crippen molar-refractivity contribution in [1.82, 2.24) is 5.32 Å². The van der Waals surface area contributed by atoms with Gasteiger partial charge in [0.05, 0.1) is 0 Å². The number of hydrogen-bond donors (Lipinski definition) is 2. The zero-order valence-electron chi connectivity index (χ0n) is 9.70. The minimum Gasteiger partial charge on any atom is -0.369 e. The molecule has 0 bridgehead atoms. The van der Waals surface area contributed by atoms with Gasteiger partial charge in [-0.15, -0.1) is 0 Å². The molecule has 108 valence electrons. The van der Waals surface area contributed by atoms with E-state index in [9.17, 15) is 31.5 Å². The molecule has 0 saturated carbocycles. The molecule has 1 atom stereocenters. The van der Waals surface area contributed by atoms with Crippen molar-refractivity contribution in [1.29, 1.82) is 0 Å². The van der Waals surface area contributed by atoms with Crippen LogP contribution in [0.4, 0.5) is 27.6 Å². The second kappa shape index (κ2) is 5.06. The lowest BCUT2D eigenvalue weighted by Crippen LogP contribution is -2.47. The molecule has 20 heavy (non-hydrogen) atoms. The maximum atomic E-state index is 13.4. The molecule has 0 aliphatic carbocycles. The van der Waals surface area contributed by atoms with E-state index in [4.69, 9.17) is 0 Å². The summed E-state index contributed by atoms with van der Waals surface area (Å²) >= 11 is 0. The quantitative estimate of drug-likeness (QED) is 0.377. The number of carbonyl (C=O) groups excluding carboxylic acids is 2. The zero-order chi connectivity index (χ0) is 15.0. The Bertz CT molecular complexity index is 576. The van der Waals surface area contributed by atoms with Crippen LogP contribution < -0.4 is 10.6 Å². The highest BCUT2D eigenvalue weighted by Crippen LogP contribution is 2.28. The number of benzene rings is 1. The number of amides is 2. The summed E-state index contributed by atoms with van der Waals surface area (Å²) in [6.45, 7) is 0. The van der Waals surface area contributed by atoms with Gasteiger partial charge in [0.2, 0.25) is 17.6 Å². The van der Waals surface area contributed by atoms with Crippen LogP contribution in [0.25, 0.3) is 0 Å². The van der Waals surface area contributed by atoms with E-state index in [1.165, 1.54) is 0 Å². The fraction of sp³-hybridized carbons (Fsp3) is 0.273. The molecule has 1 saturated heterocycles. The summed E-state index contributed by atoms with van der Waals surface area (Å²) in [5.74, 6) is -12.1. The second-order valence-corrected chi connectivity index (χ2v) is 4.09. The van der Waals surface area contributed by atoms with Gasteiger partial charge in [-0.05, 0) is 6.42 Å². The van der Waals surface area contributed by atoms with Crippen molar-refractivity contribution in [2.45, 2.75) is 18.9 Å². The first-order valence-electron chi connectivity index (χ1n) is 5.44. The van der Waals surface area contributed by atoms with E-state index in [0.29, 0.717) is 0 Å². The molecular formula is C11H7F5N2O2. The van der Waals surface area contributed by atoms with Gasteiger partial charge < -0.3 is 5.32 Å². The van der Waals surface area contributed by atoms with Crippen molar-refractivity contribution < 1.29 is 31.5 Å². The van der Waals surface area contributed by atoms with Crippen LogP contribution in [0.5, 0.6) is 0 Å². The van der Waals surface area contributed by atoms with E-state index in [2.05, 4.69) is 0 Å². The third-order valence-electron chi connectivity index (χ3n) is 2.77. The highest BCUT2D eigenvalue weighted by atomic mass is 19.2. The van der Waals surface area contributed by atoms with Crippen molar-refractivity contribution in [3.05, 3.63) is 29.1 Å². The Balaban J connectivity index is 2.35. The molecule has 2 rings (SSSR count). The number of halogens is 5. The Morgan fingerprint density at radius 2 is 1.40 bits per heavy atom. The summed E-state index contributed by atoms with van der Waals surface area (Å²) in [6.07, 6.45) is -0.233. The number of hydrogen-bond acceptors (Lipinski definition) is 3. The van der Waals surface area contributed by atoms with Gasteiger partial charge in [-0.3, -0.25) is 14.9 Å². The zero-order valence-corrected chi connectivity index (χ0v) is 9.70. The monoisotopic (exact) mass is 294 g/mol. The Labute approximate surface area is 109 Å². The topological polar surface area (TPSA) is 58.2 Å². The van der Waals surface area contributed by atoms with Crippen molar-refractivity contribution >= 4 is 17.5 Å². The van der Waals surface area contributed by atoms with Gasteiger partial charge in [-0.2, -0.15) is 0 Å². The summed E-state index contributed by atoms with van der Waals surface area (Å²) in [5, 5.41) is 3.82. The van der Waals surface area contributed by atoms with Crippen LogP contribution in [0.15, 0.2) is 0 Å². The Kier molecular flexibility index (Phi) is 3.60. The Hall–Kier alpha value is -2.19. The molecule has 0 spiro atoms. The van der Waals surface area contributed by atoms with Crippen molar-refractivity contribution in [3.63, 3.8) is 0 Å². The molecule has 9 heteroatoms. The number of piperidine rings is 1. The summed E-state index contributed by atoms with van der Waals surface area (Å²) in [7, 11) is 0. The predicted octanol–water partition coefficient (Wildman–Crippen LogP) is 1.60. The minimum atomic E-state index is -2.28. The van der Waals surface area contributed by atoms with Gasteiger partial charge in [0.15, 0.2) is 23.3 Å². The maximum absolute atomic E-state index is 13.4. The third-order valence-corrected chi connectivity index (χ3v) is 2.77. The average molecular weight is 294 g/mol. The van der Waals surface area contributed by atoms with Crippen LogP contribution in [0.2, 0.25) is 0 Å². The first-order valence-corrected chi connectivity index (χ1v) is 5.44. The van der Waals surface area contributed by atoms with Crippen LogP contribution in [-0.2, 0) is 9.59 Å². The lowest BCUT2D eigenvalue weighted by molar-refractivity contribution is -0.133. The van der Waals surface area contributed by atoms with Crippen LogP contribution in [0, 0.1) is 29.1 Å². The molecule has 0 radical (unpaired) electrons. The highest BCUT2D eigenvalue weighted by molar-refractivity contribution is 6.01. The number of imide groups is 1. The summed E-state index contributed by atoms with van der Waals surface area (Å²) in [5.41, 5.74) is -1.30. The molecule has 1 fully saturated rings. The minimum absolute atomic E-state index is 0.112. The molecular weight excluding hydrogens is 287 g/mol. The molecule has 0 aromatic heterocycles. The number of carbonyl (C=O) groups is 2. The molecule has 1 aliphatic heterocycles. The summed E-state index contributed by atoms with van der Waals surface area (Å²) in [6, 6.07) is -1.26. The van der Waals surface area contributed by atoms with E-state index >= 15 is 0 Å². The number of rotatable bonds is 2. The Morgan fingerprint density at radius 3 is 1.90 bits per heavy atom. The molecule has 2 amide bonds. The first kappa shape index (κ1) is 14.2. The van der Waals surface area contributed by atoms with E-state index in [-0.39, 0.29) is 12.8 Å². The molecule has 1 heterocycles. The van der Waals surface area contributed by atoms with Gasteiger partial charge in [0.25, 0.3) is 0 Å². The van der Waals surface area contributed by atoms with Crippen LogP contribution in [0.3, 0.4) is 0 Å². The number of anilines is 1. The van der Waals surface area contributed by atoms with Crippen molar-refractivity contribution in [2.75, 3.05) is 5.32 Å². The normalized spacial score (nSPS) is 18.9. The third kappa shape index (κ3) is 2.30. The molecule has 1 unspecified atom stereocenters. The molecule has 1 aromatic rings. The lowest BCUT2D eigenvalue weighted by Gasteiger charge is -2.23. The fourth-order valence-electron chi connectivity index (χ4n) is 1.74. The maximum Gasteiger partial charge on any atom is 0.249 e. The van der Waals surface area contributed by atoms with Gasteiger partial charge >= 0.3 is 0 Å². The molecule has 1 aliphatic rings. The molecule has 4 nitrogen and oxygen atoms in total. The summed E-state index contributed by atoms with van der Waals surface area (Å²) in [4.78, 5) is 22.2. The summed E-state index contributed by atoms with van der Waals surface area (Å²) < 4.78 is 65.5. The number of nitrogens with one attached hydrogen (secondary N) is 2. The van der Waals surface area contributed by atoms with Crippen LogP contribution >= 0.6 is 0 Å². The van der Waals surface area contributed by atoms with E-state index in [0.717, 1.165) is 0 Å². The molecule has 1 aromatic carbocycles. The van der Waals surface area contributed by atoms with E-state index in [1.807, 2.05) is 10.6 Å². The van der Waals surface area contributed by atoms with Crippen molar-refractivity contribution in [2.24, 2.45) is 0 Å². The van der Waals surface area contributed by atoms with Gasteiger partial charge in [0.1, 0.15) is 11.7 Å². The highest BCUT2D eigenvalue weighted by Gasteiger charge is 2.31. The average Bonchev–Trinajstić information content (AvgIpc) is 2.41. The van der Waals surface area contributed by atoms with Crippen LogP contribution in [0.1, 0.15) is 12.8 Å². The second-order valence-electron chi connectivity index (χ2n) is 4.09. The predicted molar refractivity (Wildman–Crippen MR) is 56.0 cm³/mol. The fourth-order valence-corrected chi connectivity index (χ4v) is 1.74. The SMILES string of the molecule is O=C1CCC(Nc2c(F)c(F)c(F)c(F)c2F)C(=O)N1. The lowest BCUT2D eigenvalue weighted by atomic mass is 10.1. The van der Waals surface area contributed by atoms with Gasteiger partial charge in [-0.1, -0.05) is 0 Å². The van der Waals surface area contributed by atoms with Gasteiger partial charge in [0, 0.05) is 6.42 Å². The van der Waals surface area contributed by atoms with Crippen LogP contribution in [-0.4, -0.2) is 17.9 Å². The Morgan fingerprint density at radius 1 is 0.900 bits per heavy atom. The largest absolute Gasteiger partial charge is 0.369 e. The molecule has 2 N–H and O–H groups in total. The first-order chi connectivity index (χ1) is 9.32. The standard InChI is InChI=1S/C11H7F5N2O2/c12-5-6(13)8(15)10(9(16)7(5)14)17-3-1-2-4(19)18-11(3)20/h3,17H,1-2H2,(H,18,19,20). The van der Waals surface area contributed by atoms with Gasteiger partial charge in [-0.25, -0.2) is 22.0 Å².